The van der Waals surface area contributed by atoms with Crippen LogP contribution >= 0.6 is 11.3 Å². The number of nitrogens with two attached hydrogens (primary N) is 1. The molecule has 0 aliphatic carbocycles. The molecule has 1 aliphatic rings. The van der Waals surface area contributed by atoms with Crippen molar-refractivity contribution in [1.29, 1.82) is 0 Å². The lowest BCUT2D eigenvalue weighted by molar-refractivity contribution is 0.837. The van der Waals surface area contributed by atoms with Crippen molar-refractivity contribution >= 4 is 17.0 Å². The molecule has 0 saturated carbocycles. The van der Waals surface area contributed by atoms with Gasteiger partial charge in [0.1, 0.15) is 11.5 Å². The predicted molar refractivity (Wildman–Crippen MR) is 87.6 cm³/mol. The lowest BCUT2D eigenvalue weighted by Crippen LogP contribution is -2.09. The first-order valence-electron chi connectivity index (χ1n) is 7.12. The van der Waals surface area contributed by atoms with Crippen LogP contribution in [0.15, 0.2) is 41.4 Å². The van der Waals surface area contributed by atoms with Crippen LogP contribution in [0.4, 0.5) is 0 Å². The van der Waals surface area contributed by atoms with Gasteiger partial charge in [0.2, 0.25) is 0 Å². The molecule has 22 heavy (non-hydrogen) atoms. The molecule has 0 fully saturated rings. The van der Waals surface area contributed by atoms with E-state index in [1.807, 2.05) is 18.2 Å². The minimum absolute atomic E-state index is 0.365. The van der Waals surface area contributed by atoms with Crippen LogP contribution in [0.1, 0.15) is 27.7 Å². The molecule has 0 unspecified atom stereocenters. The summed E-state index contributed by atoms with van der Waals surface area (Å²) in [6.07, 6.45) is 0. The number of rotatable bonds is 2. The molecular formula is C16H15N5S. The molecule has 0 spiro atoms. The molecule has 6 heteroatoms. The standard InChI is InChI=1S/C16H15N5S/c1-10-7-12-15(11-5-3-2-4-6-11)18-9-14-20-19-13(8-17)21(14)16(12)22-10/h2-7H,8-9,17H2,1H3. The van der Waals surface area contributed by atoms with Gasteiger partial charge in [-0.1, -0.05) is 30.3 Å². The zero-order valence-corrected chi connectivity index (χ0v) is 13.0. The average Bonchev–Trinajstić information content (AvgIpc) is 3.08. The Morgan fingerprint density at radius 1 is 1.23 bits per heavy atom. The minimum atomic E-state index is 0.365. The molecule has 3 heterocycles. The van der Waals surface area contributed by atoms with Crippen molar-refractivity contribution in [2.45, 2.75) is 20.0 Å². The quantitative estimate of drug-likeness (QED) is 0.790. The molecule has 2 aromatic heterocycles. The number of aromatic nitrogens is 3. The van der Waals surface area contributed by atoms with Crippen molar-refractivity contribution in [2.24, 2.45) is 10.7 Å². The highest BCUT2D eigenvalue weighted by Gasteiger charge is 2.24. The topological polar surface area (TPSA) is 69.1 Å². The van der Waals surface area contributed by atoms with E-state index in [1.54, 1.807) is 11.3 Å². The number of fused-ring (bicyclic) bond motifs is 3. The monoisotopic (exact) mass is 309 g/mol. The van der Waals surface area contributed by atoms with E-state index in [9.17, 15) is 0 Å². The zero-order valence-electron chi connectivity index (χ0n) is 12.2. The molecule has 0 amide bonds. The van der Waals surface area contributed by atoms with Gasteiger partial charge in [-0.15, -0.1) is 21.5 Å². The molecule has 0 saturated heterocycles. The number of hydrogen-bond acceptors (Lipinski definition) is 5. The molecule has 5 nitrogen and oxygen atoms in total. The Balaban J connectivity index is 1.97. The molecule has 2 N–H and O–H groups in total. The van der Waals surface area contributed by atoms with E-state index in [0.717, 1.165) is 33.5 Å². The third-order valence-corrected chi connectivity index (χ3v) is 4.74. The van der Waals surface area contributed by atoms with Gasteiger partial charge in [0, 0.05) is 16.0 Å². The second kappa shape index (κ2) is 5.15. The summed E-state index contributed by atoms with van der Waals surface area (Å²) >= 11 is 1.73. The second-order valence-electron chi connectivity index (χ2n) is 5.18. The van der Waals surface area contributed by atoms with Gasteiger partial charge in [-0.25, -0.2) is 0 Å². The maximum atomic E-state index is 5.82. The summed E-state index contributed by atoms with van der Waals surface area (Å²) in [4.78, 5) is 6.03. The van der Waals surface area contributed by atoms with E-state index in [0.29, 0.717) is 13.1 Å². The summed E-state index contributed by atoms with van der Waals surface area (Å²) in [5.41, 5.74) is 9.08. The normalized spacial score (nSPS) is 13.3. The smallest absolute Gasteiger partial charge is 0.160 e. The Labute approximate surface area is 132 Å². The highest BCUT2D eigenvalue weighted by Crippen LogP contribution is 2.32. The summed E-state index contributed by atoms with van der Waals surface area (Å²) in [7, 11) is 0. The number of aryl methyl sites for hydroxylation is 1. The largest absolute Gasteiger partial charge is 0.324 e. The van der Waals surface area contributed by atoms with Gasteiger partial charge in [-0.2, -0.15) is 0 Å². The van der Waals surface area contributed by atoms with Crippen molar-refractivity contribution in [3.8, 4) is 5.00 Å². The van der Waals surface area contributed by atoms with Crippen LogP contribution in [-0.2, 0) is 13.1 Å². The maximum absolute atomic E-state index is 5.82. The molecule has 3 aromatic rings. The first-order chi connectivity index (χ1) is 10.8. The van der Waals surface area contributed by atoms with Crippen LogP contribution in [0.2, 0.25) is 0 Å². The number of hydrogen-bond donors (Lipinski definition) is 1. The van der Waals surface area contributed by atoms with Gasteiger partial charge in [0.05, 0.1) is 12.3 Å². The van der Waals surface area contributed by atoms with Crippen LogP contribution in [0.5, 0.6) is 0 Å². The molecule has 0 bridgehead atoms. The molecule has 4 rings (SSSR count). The lowest BCUT2D eigenvalue weighted by Gasteiger charge is -2.07. The maximum Gasteiger partial charge on any atom is 0.160 e. The minimum Gasteiger partial charge on any atom is -0.324 e. The Hall–Kier alpha value is -2.31. The predicted octanol–water partition coefficient (Wildman–Crippen LogP) is 2.45. The van der Waals surface area contributed by atoms with Gasteiger partial charge in [0.25, 0.3) is 0 Å². The molecular weight excluding hydrogens is 294 g/mol. The average molecular weight is 309 g/mol. The Morgan fingerprint density at radius 2 is 2.05 bits per heavy atom. The van der Waals surface area contributed by atoms with Crippen LogP contribution in [0.25, 0.3) is 5.00 Å². The molecule has 0 radical (unpaired) electrons. The number of benzene rings is 1. The summed E-state index contributed by atoms with van der Waals surface area (Å²) in [6, 6.07) is 12.4. The first kappa shape index (κ1) is 13.4. The SMILES string of the molecule is Cc1cc2c(s1)-n1c(CN)nnc1CN=C2c1ccccc1. The Morgan fingerprint density at radius 3 is 2.82 bits per heavy atom. The van der Waals surface area contributed by atoms with Crippen molar-refractivity contribution in [2.75, 3.05) is 0 Å². The van der Waals surface area contributed by atoms with Crippen molar-refractivity contribution < 1.29 is 0 Å². The Bertz CT molecular complexity index is 860. The fraction of sp³-hybridized carbons (Fsp3) is 0.188. The van der Waals surface area contributed by atoms with E-state index in [4.69, 9.17) is 10.7 Å². The third-order valence-electron chi connectivity index (χ3n) is 3.70. The molecule has 110 valence electrons. The lowest BCUT2D eigenvalue weighted by atomic mass is 10.0. The second-order valence-corrected chi connectivity index (χ2v) is 6.41. The molecule has 1 aliphatic heterocycles. The summed E-state index contributed by atoms with van der Waals surface area (Å²) in [6.45, 7) is 2.98. The van der Waals surface area contributed by atoms with E-state index in [-0.39, 0.29) is 0 Å². The van der Waals surface area contributed by atoms with E-state index in [1.165, 1.54) is 4.88 Å². The van der Waals surface area contributed by atoms with Gasteiger partial charge >= 0.3 is 0 Å². The number of thiophene rings is 1. The summed E-state index contributed by atoms with van der Waals surface area (Å²) in [5.74, 6) is 1.62. The van der Waals surface area contributed by atoms with E-state index >= 15 is 0 Å². The van der Waals surface area contributed by atoms with E-state index < -0.39 is 0 Å². The van der Waals surface area contributed by atoms with Crippen molar-refractivity contribution in [3.05, 3.63) is 64.1 Å². The van der Waals surface area contributed by atoms with Gasteiger partial charge in [-0.05, 0) is 13.0 Å². The van der Waals surface area contributed by atoms with Gasteiger partial charge in [-0.3, -0.25) is 9.56 Å². The van der Waals surface area contributed by atoms with Crippen LogP contribution in [0.3, 0.4) is 0 Å². The summed E-state index contributed by atoms with van der Waals surface area (Å²) < 4.78 is 2.06. The van der Waals surface area contributed by atoms with Crippen LogP contribution in [-0.4, -0.2) is 20.5 Å². The van der Waals surface area contributed by atoms with Crippen molar-refractivity contribution in [3.63, 3.8) is 0 Å². The number of nitrogens with zero attached hydrogens (tertiary/aromatic N) is 4. The number of aliphatic imine (C=N–C) groups is 1. The van der Waals surface area contributed by atoms with Gasteiger partial charge in [0.15, 0.2) is 11.6 Å². The molecule has 1 aromatic carbocycles. The van der Waals surface area contributed by atoms with Crippen LogP contribution in [0, 0.1) is 6.92 Å². The molecule has 0 atom stereocenters. The highest BCUT2D eigenvalue weighted by molar-refractivity contribution is 7.15. The third kappa shape index (κ3) is 2.00. The van der Waals surface area contributed by atoms with Crippen LogP contribution < -0.4 is 5.73 Å². The Kier molecular flexibility index (Phi) is 3.13. The summed E-state index contributed by atoms with van der Waals surface area (Å²) in [5, 5.41) is 9.55. The fourth-order valence-electron chi connectivity index (χ4n) is 2.74. The first-order valence-corrected chi connectivity index (χ1v) is 7.94. The van der Waals surface area contributed by atoms with Crippen molar-refractivity contribution in [1.82, 2.24) is 14.8 Å². The van der Waals surface area contributed by atoms with E-state index in [2.05, 4.69) is 39.9 Å². The highest BCUT2D eigenvalue weighted by atomic mass is 32.1. The zero-order chi connectivity index (χ0) is 15.1. The fourth-order valence-corrected chi connectivity index (χ4v) is 3.79. The van der Waals surface area contributed by atoms with Gasteiger partial charge < -0.3 is 5.73 Å².